The first kappa shape index (κ1) is 13.2. The number of carboxylic acid groups (broad SMARTS) is 1. The van der Waals surface area contributed by atoms with E-state index in [9.17, 15) is 18.3 Å². The molecule has 0 fully saturated rings. The van der Waals surface area contributed by atoms with Crippen molar-refractivity contribution in [1.29, 1.82) is 5.26 Å². The maximum atomic E-state index is 11.6. The van der Waals surface area contributed by atoms with Crippen LogP contribution in [0.3, 0.4) is 0 Å². The maximum absolute atomic E-state index is 11.6. The number of benzene rings is 1. The van der Waals surface area contributed by atoms with Crippen LogP contribution in [0.5, 0.6) is 0 Å². The Morgan fingerprint density at radius 1 is 1.47 bits per heavy atom. The zero-order valence-corrected chi connectivity index (χ0v) is 9.53. The fourth-order valence-electron chi connectivity index (χ4n) is 1.11. The number of hydrogen-bond donors (Lipinski definition) is 1. The number of carbonyl (C=O) groups excluding carboxylic acids is 1. The van der Waals surface area contributed by atoms with Crippen molar-refractivity contribution in [2.75, 3.05) is 6.54 Å². The third-order valence-corrected chi connectivity index (χ3v) is 3.37. The third kappa shape index (κ3) is 3.55. The van der Waals surface area contributed by atoms with Gasteiger partial charge in [0.15, 0.2) is 0 Å². The van der Waals surface area contributed by atoms with Crippen molar-refractivity contribution in [2.45, 2.75) is 11.3 Å². The molecule has 0 amide bonds. The lowest BCUT2D eigenvalue weighted by Crippen LogP contribution is -2.26. The summed E-state index contributed by atoms with van der Waals surface area (Å²) in [6, 6.07) is 6.61. The largest absolute Gasteiger partial charge is 0.545 e. The van der Waals surface area contributed by atoms with Gasteiger partial charge in [0, 0.05) is 13.0 Å². The predicted molar refractivity (Wildman–Crippen MR) is 56.2 cm³/mol. The van der Waals surface area contributed by atoms with Crippen LogP contribution in [0, 0.1) is 11.3 Å². The average molecular weight is 253 g/mol. The van der Waals surface area contributed by atoms with Gasteiger partial charge in [-0.05, 0) is 17.7 Å². The summed E-state index contributed by atoms with van der Waals surface area (Å²) in [7, 11) is -3.78. The number of sulfonamides is 1. The summed E-state index contributed by atoms with van der Waals surface area (Å²) in [6.07, 6.45) is 0.0411. The SMILES string of the molecule is N#CCCNS(=O)(=O)c1cccc(C(=O)[O-])c1. The lowest BCUT2D eigenvalue weighted by Gasteiger charge is -2.07. The van der Waals surface area contributed by atoms with Crippen LogP contribution in [0.15, 0.2) is 29.2 Å². The van der Waals surface area contributed by atoms with Gasteiger partial charge in [0.2, 0.25) is 10.0 Å². The lowest BCUT2D eigenvalue weighted by atomic mass is 10.2. The van der Waals surface area contributed by atoms with E-state index in [0.29, 0.717) is 0 Å². The summed E-state index contributed by atoms with van der Waals surface area (Å²) in [5, 5.41) is 18.9. The lowest BCUT2D eigenvalue weighted by molar-refractivity contribution is -0.255. The summed E-state index contributed by atoms with van der Waals surface area (Å²) in [6.45, 7) is -0.0195. The Labute approximate surface area is 98.6 Å². The van der Waals surface area contributed by atoms with Crippen LogP contribution in [0.1, 0.15) is 16.8 Å². The molecule has 17 heavy (non-hydrogen) atoms. The third-order valence-electron chi connectivity index (χ3n) is 1.91. The first-order valence-corrected chi connectivity index (χ1v) is 6.14. The number of nitrogens with zero attached hydrogens (tertiary/aromatic N) is 1. The molecule has 0 atom stereocenters. The summed E-state index contributed by atoms with van der Waals surface area (Å²) in [4.78, 5) is 10.4. The molecular formula is C10H9N2O4S-. The highest BCUT2D eigenvalue weighted by atomic mass is 32.2. The number of carbonyl (C=O) groups is 1. The van der Waals surface area contributed by atoms with E-state index in [4.69, 9.17) is 5.26 Å². The minimum Gasteiger partial charge on any atom is -0.545 e. The van der Waals surface area contributed by atoms with Crippen LogP contribution < -0.4 is 9.83 Å². The van der Waals surface area contributed by atoms with Crippen LogP contribution in [-0.4, -0.2) is 20.9 Å². The molecular weight excluding hydrogens is 244 g/mol. The highest BCUT2D eigenvalue weighted by Gasteiger charge is 2.13. The topological polar surface area (TPSA) is 110 Å². The predicted octanol–water partition coefficient (Wildman–Crippen LogP) is -0.758. The van der Waals surface area contributed by atoms with Crippen LogP contribution in [0.4, 0.5) is 0 Å². The highest BCUT2D eigenvalue weighted by molar-refractivity contribution is 7.89. The van der Waals surface area contributed by atoms with E-state index in [2.05, 4.69) is 4.72 Å². The van der Waals surface area contributed by atoms with Crippen LogP contribution >= 0.6 is 0 Å². The molecule has 0 aliphatic rings. The summed E-state index contributed by atoms with van der Waals surface area (Å²) < 4.78 is 25.5. The van der Waals surface area contributed by atoms with Gasteiger partial charge in [-0.3, -0.25) is 0 Å². The second-order valence-corrected chi connectivity index (χ2v) is 4.89. The van der Waals surface area contributed by atoms with E-state index in [1.54, 1.807) is 6.07 Å². The second kappa shape index (κ2) is 5.43. The number of hydrogen-bond acceptors (Lipinski definition) is 5. The Morgan fingerprint density at radius 2 is 2.18 bits per heavy atom. The summed E-state index contributed by atoms with van der Waals surface area (Å²) in [5.41, 5.74) is -0.215. The standard InChI is InChI=1S/C10H10N2O4S/c11-5-2-6-12-17(15,16)9-4-1-3-8(7-9)10(13)14/h1,3-4,7,12H,2,6H2,(H,13,14)/p-1. The van der Waals surface area contributed by atoms with Crippen molar-refractivity contribution >= 4 is 16.0 Å². The smallest absolute Gasteiger partial charge is 0.240 e. The Bertz CT molecular complexity index is 560. The minimum atomic E-state index is -3.78. The van der Waals surface area contributed by atoms with Crippen molar-refractivity contribution in [3.63, 3.8) is 0 Å². The van der Waals surface area contributed by atoms with Crippen LogP contribution in [0.2, 0.25) is 0 Å². The molecule has 0 radical (unpaired) electrons. The van der Waals surface area contributed by atoms with E-state index in [-0.39, 0.29) is 23.4 Å². The number of nitriles is 1. The van der Waals surface area contributed by atoms with E-state index < -0.39 is 16.0 Å². The molecule has 0 saturated heterocycles. The molecule has 1 N–H and O–H groups in total. The van der Waals surface area contributed by atoms with Gasteiger partial charge in [0.1, 0.15) is 0 Å². The molecule has 1 aromatic carbocycles. The van der Waals surface area contributed by atoms with Crippen LogP contribution in [0.25, 0.3) is 0 Å². The maximum Gasteiger partial charge on any atom is 0.240 e. The fourth-order valence-corrected chi connectivity index (χ4v) is 2.19. The molecule has 0 heterocycles. The molecule has 0 bridgehead atoms. The highest BCUT2D eigenvalue weighted by Crippen LogP contribution is 2.10. The first-order valence-electron chi connectivity index (χ1n) is 4.65. The quantitative estimate of drug-likeness (QED) is 0.693. The molecule has 0 aliphatic heterocycles. The molecule has 0 saturated carbocycles. The van der Waals surface area contributed by atoms with Crippen molar-refractivity contribution < 1.29 is 18.3 Å². The van der Waals surface area contributed by atoms with Gasteiger partial charge in [-0.2, -0.15) is 5.26 Å². The Morgan fingerprint density at radius 3 is 2.76 bits per heavy atom. The number of rotatable bonds is 5. The summed E-state index contributed by atoms with van der Waals surface area (Å²) in [5.74, 6) is -1.45. The molecule has 90 valence electrons. The Balaban J connectivity index is 2.96. The normalized spacial score (nSPS) is 10.8. The Hall–Kier alpha value is -1.91. The molecule has 1 aromatic rings. The molecule has 0 spiro atoms. The molecule has 0 aliphatic carbocycles. The minimum absolute atomic E-state index is 0.0195. The number of aromatic carboxylic acids is 1. The van der Waals surface area contributed by atoms with Crippen molar-refractivity contribution in [3.8, 4) is 6.07 Å². The molecule has 0 aromatic heterocycles. The van der Waals surface area contributed by atoms with Crippen molar-refractivity contribution in [1.82, 2.24) is 4.72 Å². The van der Waals surface area contributed by atoms with E-state index in [0.717, 1.165) is 6.07 Å². The summed E-state index contributed by atoms with van der Waals surface area (Å²) >= 11 is 0. The monoisotopic (exact) mass is 253 g/mol. The van der Waals surface area contributed by atoms with E-state index in [1.807, 2.05) is 0 Å². The van der Waals surface area contributed by atoms with E-state index >= 15 is 0 Å². The van der Waals surface area contributed by atoms with Gasteiger partial charge in [-0.15, -0.1) is 0 Å². The molecule has 0 unspecified atom stereocenters. The second-order valence-electron chi connectivity index (χ2n) is 3.12. The Kier molecular flexibility index (Phi) is 4.20. The fraction of sp³-hybridized carbons (Fsp3) is 0.200. The van der Waals surface area contributed by atoms with Crippen LogP contribution in [-0.2, 0) is 10.0 Å². The van der Waals surface area contributed by atoms with Gasteiger partial charge in [0.25, 0.3) is 0 Å². The number of carboxylic acids is 1. The molecule has 1 rings (SSSR count). The van der Waals surface area contributed by atoms with Gasteiger partial charge < -0.3 is 9.90 Å². The van der Waals surface area contributed by atoms with Gasteiger partial charge in [-0.25, -0.2) is 13.1 Å². The van der Waals surface area contributed by atoms with E-state index in [1.165, 1.54) is 18.2 Å². The van der Waals surface area contributed by atoms with Gasteiger partial charge in [-0.1, -0.05) is 12.1 Å². The van der Waals surface area contributed by atoms with Gasteiger partial charge >= 0.3 is 0 Å². The average Bonchev–Trinajstić information content (AvgIpc) is 2.29. The van der Waals surface area contributed by atoms with Crippen molar-refractivity contribution in [2.24, 2.45) is 0 Å². The zero-order valence-electron chi connectivity index (χ0n) is 8.71. The van der Waals surface area contributed by atoms with Crippen molar-refractivity contribution in [3.05, 3.63) is 29.8 Å². The zero-order chi connectivity index (χ0) is 12.9. The first-order chi connectivity index (χ1) is 7.97. The molecule has 7 heteroatoms. The van der Waals surface area contributed by atoms with Gasteiger partial charge in [0.05, 0.1) is 16.9 Å². The number of nitrogens with one attached hydrogen (secondary N) is 1. The molecule has 6 nitrogen and oxygen atoms in total.